The Morgan fingerprint density at radius 2 is 1.94 bits per heavy atom. The van der Waals surface area contributed by atoms with Crippen LogP contribution in [0.2, 0.25) is 0 Å². The van der Waals surface area contributed by atoms with Crippen molar-refractivity contribution in [3.05, 3.63) is 65.0 Å². The molecule has 3 aromatic rings. The van der Waals surface area contributed by atoms with Crippen LogP contribution in [0.4, 0.5) is 23.4 Å². The fourth-order valence-electron chi connectivity index (χ4n) is 3.75. The molecule has 2 aromatic heterocycles. The Hall–Kier alpha value is -2.79. The quantitative estimate of drug-likeness (QED) is 0.276. The van der Waals surface area contributed by atoms with Gasteiger partial charge in [-0.15, -0.1) is 0 Å². The van der Waals surface area contributed by atoms with Crippen molar-refractivity contribution in [2.45, 2.75) is 56.5 Å². The van der Waals surface area contributed by atoms with E-state index in [2.05, 4.69) is 31.9 Å². The number of pyridine rings is 1. The maximum atomic E-state index is 14.0. The van der Waals surface area contributed by atoms with Crippen LogP contribution in [0.5, 0.6) is 5.88 Å². The van der Waals surface area contributed by atoms with Gasteiger partial charge in [-0.3, -0.25) is 4.90 Å². The molecule has 0 amide bonds. The van der Waals surface area contributed by atoms with Gasteiger partial charge in [0.25, 0.3) is 0 Å². The summed E-state index contributed by atoms with van der Waals surface area (Å²) >= 11 is 1.37. The molecule has 1 N–H and O–H groups in total. The van der Waals surface area contributed by atoms with Crippen molar-refractivity contribution in [3.8, 4) is 5.88 Å². The van der Waals surface area contributed by atoms with E-state index in [-0.39, 0.29) is 17.7 Å². The smallest absolute Gasteiger partial charge is 0.422 e. The molecule has 0 bridgehead atoms. The van der Waals surface area contributed by atoms with Gasteiger partial charge in [0.2, 0.25) is 5.88 Å². The maximum absolute atomic E-state index is 14.0. The highest BCUT2D eigenvalue weighted by Crippen LogP contribution is 2.32. The largest absolute Gasteiger partial charge is 0.468 e. The van der Waals surface area contributed by atoms with E-state index >= 15 is 0 Å². The molecule has 0 radical (unpaired) electrons. The Bertz CT molecular complexity index is 1150. The molecule has 0 saturated heterocycles. The Labute approximate surface area is 205 Å². The maximum Gasteiger partial charge on any atom is 0.422 e. The molecule has 4 rings (SSSR count). The Morgan fingerprint density at radius 1 is 1.14 bits per heavy atom. The third-order valence-electron chi connectivity index (χ3n) is 5.76. The summed E-state index contributed by atoms with van der Waals surface area (Å²) in [4.78, 5) is 7.31. The zero-order valence-corrected chi connectivity index (χ0v) is 20.3. The number of aromatic nitrogens is 2. The molecule has 11 heteroatoms. The van der Waals surface area contributed by atoms with Crippen LogP contribution in [0.3, 0.4) is 0 Å². The minimum Gasteiger partial charge on any atom is -0.468 e. The highest BCUT2D eigenvalue weighted by Gasteiger charge is 2.29. The minimum absolute atomic E-state index is 0.0272. The molecule has 6 nitrogen and oxygen atoms in total. The summed E-state index contributed by atoms with van der Waals surface area (Å²) in [7, 11) is 0. The number of alkyl halides is 4. The summed E-state index contributed by atoms with van der Waals surface area (Å²) in [6.45, 7) is 5.08. The molecule has 1 aromatic carbocycles. The van der Waals surface area contributed by atoms with Crippen LogP contribution in [0.15, 0.2) is 52.0 Å². The van der Waals surface area contributed by atoms with Crippen molar-refractivity contribution in [3.63, 3.8) is 0 Å². The molecule has 0 fully saturated rings. The van der Waals surface area contributed by atoms with E-state index in [1.54, 1.807) is 18.3 Å². The van der Waals surface area contributed by atoms with Gasteiger partial charge in [-0.05, 0) is 68.0 Å². The highest BCUT2D eigenvalue weighted by molar-refractivity contribution is 8.00. The van der Waals surface area contributed by atoms with Gasteiger partial charge in [-0.1, -0.05) is 17.3 Å². The SMILES string of the molecule is CC(c1ccc(OCC(F)(F)F)nc1)N1CCc2ccc(SNc3cc(C(C)(C)F)on3)cc2C1. The van der Waals surface area contributed by atoms with Crippen molar-refractivity contribution in [2.24, 2.45) is 0 Å². The third kappa shape index (κ3) is 6.66. The second-order valence-corrected chi connectivity index (χ2v) is 9.79. The van der Waals surface area contributed by atoms with Gasteiger partial charge in [0.15, 0.2) is 23.9 Å². The lowest BCUT2D eigenvalue weighted by molar-refractivity contribution is -0.154. The third-order valence-corrected chi connectivity index (χ3v) is 6.56. The molecule has 1 aliphatic rings. The molecule has 1 unspecified atom stereocenters. The van der Waals surface area contributed by atoms with E-state index in [1.165, 1.54) is 43.0 Å². The standard InChI is InChI=1S/C24H26F4N4O2S/c1-15(17-5-7-22(29-12-17)33-14-24(26,27)28)32-9-8-16-4-6-19(10-18(16)13-32)35-31-21-11-20(34-30-21)23(2,3)25/h4-7,10-12,15H,8-9,13-14H2,1-3H3,(H,30,31). The first-order valence-electron chi connectivity index (χ1n) is 11.1. The molecule has 0 spiro atoms. The molecule has 3 heterocycles. The van der Waals surface area contributed by atoms with Crippen LogP contribution in [0.1, 0.15) is 49.3 Å². The molecule has 35 heavy (non-hydrogen) atoms. The number of hydrogen-bond acceptors (Lipinski definition) is 7. The monoisotopic (exact) mass is 510 g/mol. The van der Waals surface area contributed by atoms with Gasteiger partial charge in [0.1, 0.15) is 0 Å². The van der Waals surface area contributed by atoms with Crippen LogP contribution in [0.25, 0.3) is 0 Å². The second-order valence-electron chi connectivity index (χ2n) is 8.91. The topological polar surface area (TPSA) is 63.4 Å². The van der Waals surface area contributed by atoms with Crippen molar-refractivity contribution in [2.75, 3.05) is 17.9 Å². The normalized spacial score (nSPS) is 15.5. The van der Waals surface area contributed by atoms with Gasteiger partial charge < -0.3 is 14.0 Å². The number of nitrogens with one attached hydrogen (secondary N) is 1. The van der Waals surface area contributed by atoms with E-state index in [4.69, 9.17) is 9.26 Å². The number of hydrogen-bond donors (Lipinski definition) is 1. The second kappa shape index (κ2) is 10.1. The summed E-state index contributed by atoms with van der Waals surface area (Å²) in [5.41, 5.74) is 1.77. The number of fused-ring (bicyclic) bond motifs is 1. The fraction of sp³-hybridized carbons (Fsp3) is 0.417. The number of nitrogens with zero attached hydrogens (tertiary/aromatic N) is 3. The minimum atomic E-state index is -4.40. The van der Waals surface area contributed by atoms with Crippen LogP contribution < -0.4 is 9.46 Å². The summed E-state index contributed by atoms with van der Waals surface area (Å²) in [5, 5.41) is 3.86. The van der Waals surface area contributed by atoms with Crippen molar-refractivity contribution >= 4 is 17.8 Å². The molecule has 1 atom stereocenters. The van der Waals surface area contributed by atoms with Gasteiger partial charge in [-0.2, -0.15) is 13.2 Å². The lowest BCUT2D eigenvalue weighted by Crippen LogP contribution is -2.33. The summed E-state index contributed by atoms with van der Waals surface area (Å²) in [5.74, 6) is 0.551. The van der Waals surface area contributed by atoms with Crippen molar-refractivity contribution < 1.29 is 26.8 Å². The lowest BCUT2D eigenvalue weighted by Gasteiger charge is -2.34. The lowest BCUT2D eigenvalue weighted by atomic mass is 9.97. The summed E-state index contributed by atoms with van der Waals surface area (Å²) < 4.78 is 63.8. The van der Waals surface area contributed by atoms with E-state index in [0.29, 0.717) is 5.82 Å². The molecule has 188 valence electrons. The first-order valence-corrected chi connectivity index (χ1v) is 11.9. The zero-order valence-electron chi connectivity index (χ0n) is 19.5. The number of ether oxygens (including phenoxy) is 1. The average molecular weight is 511 g/mol. The van der Waals surface area contributed by atoms with Crippen LogP contribution in [-0.4, -0.2) is 34.4 Å². The van der Waals surface area contributed by atoms with Crippen LogP contribution >= 0.6 is 11.9 Å². The predicted molar refractivity (Wildman–Crippen MR) is 125 cm³/mol. The van der Waals surface area contributed by atoms with Gasteiger partial charge in [0.05, 0.1) is 0 Å². The van der Waals surface area contributed by atoms with Crippen molar-refractivity contribution in [1.82, 2.24) is 15.0 Å². The first-order chi connectivity index (χ1) is 16.5. The molecule has 0 aliphatic carbocycles. The highest BCUT2D eigenvalue weighted by atomic mass is 32.2. The Kier molecular flexibility index (Phi) is 7.27. The first kappa shape index (κ1) is 25.3. The predicted octanol–water partition coefficient (Wildman–Crippen LogP) is 6.45. The van der Waals surface area contributed by atoms with E-state index < -0.39 is 18.5 Å². The van der Waals surface area contributed by atoms with Crippen molar-refractivity contribution in [1.29, 1.82) is 0 Å². The zero-order chi connectivity index (χ0) is 25.2. The van der Waals surface area contributed by atoms with Gasteiger partial charge in [-0.25, -0.2) is 9.37 Å². The van der Waals surface area contributed by atoms with Crippen LogP contribution in [0, 0.1) is 0 Å². The molecule has 1 aliphatic heterocycles. The van der Waals surface area contributed by atoms with E-state index in [9.17, 15) is 17.6 Å². The molecular weight excluding hydrogens is 484 g/mol. The number of benzene rings is 1. The fourth-order valence-corrected chi connectivity index (χ4v) is 4.41. The number of rotatable bonds is 8. The number of halogens is 4. The van der Waals surface area contributed by atoms with E-state index in [1.807, 2.05) is 13.0 Å². The average Bonchev–Trinajstić information content (AvgIpc) is 3.30. The van der Waals surface area contributed by atoms with E-state index in [0.717, 1.165) is 30.0 Å². The molecule has 0 saturated carbocycles. The molecular formula is C24H26F4N4O2S. The van der Waals surface area contributed by atoms with Gasteiger partial charge in [0, 0.05) is 42.4 Å². The summed E-state index contributed by atoms with van der Waals surface area (Å²) in [6, 6.07) is 11.0. The number of anilines is 1. The Balaban J connectivity index is 1.37. The Morgan fingerprint density at radius 3 is 2.60 bits per heavy atom. The van der Waals surface area contributed by atoms with Crippen LogP contribution in [-0.2, 0) is 18.6 Å². The summed E-state index contributed by atoms with van der Waals surface area (Å²) in [6.07, 6.45) is -1.95. The van der Waals surface area contributed by atoms with Gasteiger partial charge >= 0.3 is 6.18 Å².